The summed E-state index contributed by atoms with van der Waals surface area (Å²) in [6.07, 6.45) is -0.151. The number of nitrogens with one attached hydrogen (secondary N) is 1. The molecular formula is C20H37NO5. The van der Waals surface area contributed by atoms with Gasteiger partial charge in [0.25, 0.3) is 0 Å². The number of aliphatic hydroxyl groups is 1. The molecule has 2 rings (SSSR count). The zero-order valence-electron chi connectivity index (χ0n) is 17.3. The summed E-state index contributed by atoms with van der Waals surface area (Å²) in [5, 5.41) is 12.8. The number of carbonyl (C=O) groups is 1. The van der Waals surface area contributed by atoms with E-state index in [1.165, 1.54) is 6.92 Å². The van der Waals surface area contributed by atoms with Crippen LogP contribution in [0.4, 0.5) is 0 Å². The summed E-state index contributed by atoms with van der Waals surface area (Å²) >= 11 is 0. The van der Waals surface area contributed by atoms with Gasteiger partial charge in [-0.25, -0.2) is 0 Å². The number of ether oxygens (including phenoxy) is 3. The van der Waals surface area contributed by atoms with E-state index in [-0.39, 0.29) is 55.0 Å². The Morgan fingerprint density at radius 2 is 1.65 bits per heavy atom. The van der Waals surface area contributed by atoms with Gasteiger partial charge in [-0.2, -0.15) is 0 Å². The van der Waals surface area contributed by atoms with Crippen molar-refractivity contribution in [3.8, 4) is 0 Å². The van der Waals surface area contributed by atoms with E-state index in [0.29, 0.717) is 11.8 Å². The van der Waals surface area contributed by atoms with Gasteiger partial charge in [-0.05, 0) is 25.2 Å². The predicted octanol–water partition coefficient (Wildman–Crippen LogP) is 2.34. The number of hydrogen-bond donors (Lipinski definition) is 2. The zero-order chi connectivity index (χ0) is 19.6. The maximum atomic E-state index is 11.6. The predicted molar refractivity (Wildman–Crippen MR) is 99.5 cm³/mol. The van der Waals surface area contributed by atoms with E-state index in [9.17, 15) is 9.90 Å². The zero-order valence-corrected chi connectivity index (χ0v) is 17.3. The van der Waals surface area contributed by atoms with Gasteiger partial charge < -0.3 is 24.6 Å². The fraction of sp³-hybridized carbons (Fsp3) is 0.950. The summed E-state index contributed by atoms with van der Waals surface area (Å²) in [5.41, 5.74) is 0. The standard InChI is InChI=1S/C20H37NO5/c1-8-16-11(3)10(2)12(4)20(25-16)26-19-13(5)18(21-15(7)23)14(6)24-17(19)9-22/h10-14,16-20,22H,8-9H2,1-7H3,(H,21,23)/t10-,11+,12?,13?,14-,16?,17-,18?,19-,20-/m0/s1. The molecule has 0 saturated carbocycles. The summed E-state index contributed by atoms with van der Waals surface area (Å²) < 4.78 is 18.6. The molecule has 6 nitrogen and oxygen atoms in total. The molecule has 2 saturated heterocycles. The Labute approximate surface area is 158 Å². The van der Waals surface area contributed by atoms with E-state index in [1.54, 1.807) is 0 Å². The molecule has 2 heterocycles. The Hall–Kier alpha value is -0.690. The lowest BCUT2D eigenvalue weighted by Crippen LogP contribution is -2.61. The SMILES string of the molecule is CCC1O[C@@H](O[C@H]2C(C)C(NC(C)=O)[C@H](C)O[C@H]2CO)C(C)[C@@H](C)[C@H]1C. The topological polar surface area (TPSA) is 77.0 Å². The molecule has 4 unspecified atom stereocenters. The molecule has 0 aromatic rings. The number of hydrogen-bond acceptors (Lipinski definition) is 5. The summed E-state index contributed by atoms with van der Waals surface area (Å²) in [4.78, 5) is 11.6. The Bertz CT molecular complexity index is 471. The summed E-state index contributed by atoms with van der Waals surface area (Å²) in [7, 11) is 0. The second kappa shape index (κ2) is 9.00. The fourth-order valence-corrected chi connectivity index (χ4v) is 4.51. The first-order chi connectivity index (χ1) is 12.2. The largest absolute Gasteiger partial charge is 0.394 e. The van der Waals surface area contributed by atoms with Gasteiger partial charge in [0.1, 0.15) is 6.10 Å². The number of carbonyl (C=O) groups excluding carboxylic acids is 1. The molecule has 0 aromatic carbocycles. The van der Waals surface area contributed by atoms with Crippen LogP contribution in [0, 0.1) is 23.7 Å². The maximum Gasteiger partial charge on any atom is 0.217 e. The van der Waals surface area contributed by atoms with Crippen LogP contribution in [0.2, 0.25) is 0 Å². The second-order valence-corrected chi connectivity index (χ2v) is 8.28. The van der Waals surface area contributed by atoms with Gasteiger partial charge >= 0.3 is 0 Å². The molecule has 0 aromatic heterocycles. The third-order valence-electron chi connectivity index (χ3n) is 6.57. The minimum Gasteiger partial charge on any atom is -0.394 e. The average molecular weight is 372 g/mol. The van der Waals surface area contributed by atoms with Crippen molar-refractivity contribution in [3.05, 3.63) is 0 Å². The van der Waals surface area contributed by atoms with Crippen LogP contribution < -0.4 is 5.32 Å². The average Bonchev–Trinajstić information content (AvgIpc) is 2.60. The molecule has 2 fully saturated rings. The number of aliphatic hydroxyl groups excluding tert-OH is 1. The number of amides is 1. The van der Waals surface area contributed by atoms with E-state index in [0.717, 1.165) is 6.42 Å². The molecule has 0 radical (unpaired) electrons. The van der Waals surface area contributed by atoms with Gasteiger partial charge in [0, 0.05) is 18.8 Å². The van der Waals surface area contributed by atoms with Crippen molar-refractivity contribution in [3.63, 3.8) is 0 Å². The van der Waals surface area contributed by atoms with Crippen molar-refractivity contribution in [1.82, 2.24) is 5.32 Å². The Morgan fingerprint density at radius 3 is 2.19 bits per heavy atom. The van der Waals surface area contributed by atoms with Crippen LogP contribution in [-0.2, 0) is 19.0 Å². The first-order valence-electron chi connectivity index (χ1n) is 10.1. The first-order valence-corrected chi connectivity index (χ1v) is 10.1. The van der Waals surface area contributed by atoms with Crippen molar-refractivity contribution in [2.24, 2.45) is 23.7 Å². The molecule has 2 N–H and O–H groups in total. The molecule has 0 aliphatic carbocycles. The molecule has 10 atom stereocenters. The lowest BCUT2D eigenvalue weighted by molar-refractivity contribution is -0.298. The van der Waals surface area contributed by atoms with Gasteiger partial charge in [-0.1, -0.05) is 34.6 Å². The van der Waals surface area contributed by atoms with Crippen LogP contribution in [0.3, 0.4) is 0 Å². The molecular weight excluding hydrogens is 334 g/mol. The van der Waals surface area contributed by atoms with Crippen molar-refractivity contribution in [1.29, 1.82) is 0 Å². The van der Waals surface area contributed by atoms with Gasteiger partial charge in [-0.3, -0.25) is 4.79 Å². The monoisotopic (exact) mass is 371 g/mol. The molecule has 2 aliphatic rings. The maximum absolute atomic E-state index is 11.6. The van der Waals surface area contributed by atoms with E-state index < -0.39 is 6.10 Å². The van der Waals surface area contributed by atoms with Crippen LogP contribution in [0.15, 0.2) is 0 Å². The van der Waals surface area contributed by atoms with Gasteiger partial charge in [0.2, 0.25) is 5.91 Å². The van der Waals surface area contributed by atoms with Crippen LogP contribution in [0.5, 0.6) is 0 Å². The van der Waals surface area contributed by atoms with Gasteiger partial charge in [0.05, 0.1) is 31.0 Å². The van der Waals surface area contributed by atoms with E-state index in [4.69, 9.17) is 14.2 Å². The highest BCUT2D eigenvalue weighted by atomic mass is 16.7. The molecule has 1 amide bonds. The van der Waals surface area contributed by atoms with Crippen molar-refractivity contribution in [2.45, 2.75) is 91.6 Å². The van der Waals surface area contributed by atoms with Gasteiger partial charge in [-0.15, -0.1) is 0 Å². The Balaban J connectivity index is 2.16. The van der Waals surface area contributed by atoms with Crippen LogP contribution >= 0.6 is 0 Å². The van der Waals surface area contributed by atoms with Crippen molar-refractivity contribution in [2.75, 3.05) is 6.61 Å². The minimum absolute atomic E-state index is 0.00494. The Kier molecular flexibility index (Phi) is 7.48. The molecule has 152 valence electrons. The van der Waals surface area contributed by atoms with Gasteiger partial charge in [0.15, 0.2) is 6.29 Å². The van der Waals surface area contributed by atoms with Crippen molar-refractivity contribution < 1.29 is 24.1 Å². The van der Waals surface area contributed by atoms with Crippen molar-refractivity contribution >= 4 is 5.91 Å². The molecule has 0 bridgehead atoms. The number of rotatable bonds is 5. The van der Waals surface area contributed by atoms with Crippen LogP contribution in [0.1, 0.15) is 54.9 Å². The van der Waals surface area contributed by atoms with E-state index in [2.05, 4.69) is 33.0 Å². The third kappa shape index (κ3) is 4.41. The highest BCUT2D eigenvalue weighted by Gasteiger charge is 2.46. The third-order valence-corrected chi connectivity index (χ3v) is 6.57. The molecule has 6 heteroatoms. The summed E-state index contributed by atoms with van der Waals surface area (Å²) in [5.74, 6) is 1.13. The van der Waals surface area contributed by atoms with Crippen LogP contribution in [-0.4, -0.2) is 54.4 Å². The van der Waals surface area contributed by atoms with Crippen LogP contribution in [0.25, 0.3) is 0 Å². The smallest absolute Gasteiger partial charge is 0.217 e. The fourth-order valence-electron chi connectivity index (χ4n) is 4.51. The second-order valence-electron chi connectivity index (χ2n) is 8.28. The van der Waals surface area contributed by atoms with E-state index >= 15 is 0 Å². The summed E-state index contributed by atoms with van der Waals surface area (Å²) in [6.45, 7) is 14.2. The quantitative estimate of drug-likeness (QED) is 0.776. The molecule has 2 aliphatic heterocycles. The molecule has 26 heavy (non-hydrogen) atoms. The lowest BCUT2D eigenvalue weighted by Gasteiger charge is -2.49. The normalized spacial score (nSPS) is 46.8. The highest BCUT2D eigenvalue weighted by Crippen LogP contribution is 2.39. The lowest BCUT2D eigenvalue weighted by atomic mass is 9.78. The highest BCUT2D eigenvalue weighted by molar-refractivity contribution is 5.73. The summed E-state index contributed by atoms with van der Waals surface area (Å²) in [6, 6.07) is -0.155. The first kappa shape index (κ1) is 21.6. The minimum atomic E-state index is -0.421. The molecule has 0 spiro atoms. The Morgan fingerprint density at radius 1 is 1.00 bits per heavy atom. The van der Waals surface area contributed by atoms with E-state index in [1.807, 2.05) is 13.8 Å².